The minimum Gasteiger partial charge on any atom is -0.443 e. The first-order valence-electron chi connectivity index (χ1n) is 6.19. The van der Waals surface area contributed by atoms with Crippen molar-refractivity contribution < 1.29 is 9.15 Å². The van der Waals surface area contributed by atoms with Crippen molar-refractivity contribution in [1.29, 1.82) is 0 Å². The molecule has 1 atom stereocenters. The molecule has 3 rings (SSSR count). The lowest BCUT2D eigenvalue weighted by Gasteiger charge is -2.29. The van der Waals surface area contributed by atoms with Crippen LogP contribution in [-0.2, 0) is 4.74 Å². The average Bonchev–Trinajstić information content (AvgIpc) is 2.87. The molecule has 0 bridgehead atoms. The molecule has 2 heterocycles. The maximum atomic E-state index is 5.70. The molecular weight excluding hydrogens is 230 g/mol. The third-order valence-corrected chi connectivity index (χ3v) is 3.24. The number of anilines is 1. The SMILES string of the molecule is CN(CC1CNCCO1)c1ccc2ncoc2c1. The largest absolute Gasteiger partial charge is 0.443 e. The number of hydrogen-bond donors (Lipinski definition) is 1. The zero-order valence-electron chi connectivity index (χ0n) is 10.4. The van der Waals surface area contributed by atoms with Gasteiger partial charge >= 0.3 is 0 Å². The zero-order valence-corrected chi connectivity index (χ0v) is 10.4. The first-order chi connectivity index (χ1) is 8.83. The van der Waals surface area contributed by atoms with Gasteiger partial charge in [0.05, 0.1) is 12.7 Å². The van der Waals surface area contributed by atoms with Crippen LogP contribution in [-0.4, -0.2) is 44.4 Å². The Morgan fingerprint density at radius 1 is 1.50 bits per heavy atom. The van der Waals surface area contributed by atoms with Crippen LogP contribution >= 0.6 is 0 Å². The van der Waals surface area contributed by atoms with Crippen LogP contribution in [0.25, 0.3) is 11.1 Å². The molecular formula is C13H17N3O2. The van der Waals surface area contributed by atoms with Crippen LogP contribution in [0.4, 0.5) is 5.69 Å². The van der Waals surface area contributed by atoms with Crippen molar-refractivity contribution in [3.05, 3.63) is 24.6 Å². The van der Waals surface area contributed by atoms with Crippen molar-refractivity contribution >= 4 is 16.8 Å². The number of aromatic nitrogens is 1. The van der Waals surface area contributed by atoms with Gasteiger partial charge in [0.2, 0.25) is 0 Å². The topological polar surface area (TPSA) is 50.5 Å². The molecule has 1 aromatic carbocycles. The Labute approximate surface area is 106 Å². The second kappa shape index (κ2) is 4.96. The molecule has 18 heavy (non-hydrogen) atoms. The standard InChI is InChI=1S/C13H17N3O2/c1-16(8-11-7-14-4-5-17-11)10-2-3-12-13(6-10)18-9-15-12/h2-3,6,9,11,14H,4-5,7-8H2,1H3. The molecule has 0 spiro atoms. The van der Waals surface area contributed by atoms with Gasteiger partial charge in [-0.1, -0.05) is 0 Å². The molecule has 0 radical (unpaired) electrons. The van der Waals surface area contributed by atoms with E-state index in [-0.39, 0.29) is 6.10 Å². The molecule has 2 aromatic rings. The molecule has 1 saturated heterocycles. The molecule has 0 saturated carbocycles. The summed E-state index contributed by atoms with van der Waals surface area (Å²) in [4.78, 5) is 6.30. The van der Waals surface area contributed by atoms with E-state index in [0.717, 1.165) is 43.0 Å². The fourth-order valence-electron chi connectivity index (χ4n) is 2.23. The lowest BCUT2D eigenvalue weighted by molar-refractivity contribution is 0.0340. The number of benzene rings is 1. The van der Waals surface area contributed by atoms with Crippen molar-refractivity contribution in [3.8, 4) is 0 Å². The van der Waals surface area contributed by atoms with Crippen molar-refractivity contribution in [2.75, 3.05) is 38.2 Å². The first kappa shape index (κ1) is 11.5. The number of rotatable bonds is 3. The Hall–Kier alpha value is -1.59. The fraction of sp³-hybridized carbons (Fsp3) is 0.462. The van der Waals surface area contributed by atoms with Crippen LogP contribution in [0.5, 0.6) is 0 Å². The number of likely N-dealkylation sites (N-methyl/N-ethyl adjacent to an activating group) is 1. The van der Waals surface area contributed by atoms with Gasteiger partial charge in [-0.15, -0.1) is 0 Å². The van der Waals surface area contributed by atoms with Crippen LogP contribution in [0.2, 0.25) is 0 Å². The summed E-state index contributed by atoms with van der Waals surface area (Å²) in [5.41, 5.74) is 2.83. The maximum Gasteiger partial charge on any atom is 0.181 e. The van der Waals surface area contributed by atoms with Gasteiger partial charge < -0.3 is 19.4 Å². The smallest absolute Gasteiger partial charge is 0.181 e. The Bertz CT molecular complexity index is 520. The molecule has 1 aliphatic heterocycles. The Balaban J connectivity index is 1.72. The quantitative estimate of drug-likeness (QED) is 0.884. The van der Waals surface area contributed by atoms with E-state index < -0.39 is 0 Å². The van der Waals surface area contributed by atoms with Gasteiger partial charge in [-0.2, -0.15) is 0 Å². The molecule has 96 valence electrons. The van der Waals surface area contributed by atoms with Gasteiger partial charge in [-0.25, -0.2) is 4.98 Å². The summed E-state index contributed by atoms with van der Waals surface area (Å²) in [5.74, 6) is 0. The summed E-state index contributed by atoms with van der Waals surface area (Å²) >= 11 is 0. The molecule has 5 nitrogen and oxygen atoms in total. The predicted molar refractivity (Wildman–Crippen MR) is 69.9 cm³/mol. The van der Waals surface area contributed by atoms with E-state index >= 15 is 0 Å². The highest BCUT2D eigenvalue weighted by atomic mass is 16.5. The Morgan fingerprint density at radius 3 is 3.28 bits per heavy atom. The molecule has 1 aliphatic rings. The molecule has 1 unspecified atom stereocenters. The zero-order chi connectivity index (χ0) is 12.4. The van der Waals surface area contributed by atoms with E-state index in [1.807, 2.05) is 12.1 Å². The van der Waals surface area contributed by atoms with Crippen molar-refractivity contribution in [1.82, 2.24) is 10.3 Å². The highest BCUT2D eigenvalue weighted by molar-refractivity contribution is 5.77. The van der Waals surface area contributed by atoms with Crippen LogP contribution in [0.1, 0.15) is 0 Å². The molecule has 5 heteroatoms. The molecule has 0 amide bonds. The Morgan fingerprint density at radius 2 is 2.44 bits per heavy atom. The van der Waals surface area contributed by atoms with Gasteiger partial charge in [0.15, 0.2) is 12.0 Å². The number of fused-ring (bicyclic) bond motifs is 1. The van der Waals surface area contributed by atoms with Gasteiger partial charge in [0, 0.05) is 38.4 Å². The number of nitrogens with zero attached hydrogens (tertiary/aromatic N) is 2. The molecule has 1 aromatic heterocycles. The van der Waals surface area contributed by atoms with Crippen LogP contribution < -0.4 is 10.2 Å². The molecule has 1 fully saturated rings. The average molecular weight is 247 g/mol. The first-order valence-corrected chi connectivity index (χ1v) is 6.19. The molecule has 0 aliphatic carbocycles. The lowest BCUT2D eigenvalue weighted by atomic mass is 10.2. The Kier molecular flexibility index (Phi) is 3.17. The molecule has 1 N–H and O–H groups in total. The number of nitrogens with one attached hydrogen (secondary N) is 1. The monoisotopic (exact) mass is 247 g/mol. The highest BCUT2D eigenvalue weighted by Gasteiger charge is 2.16. The second-order valence-electron chi connectivity index (χ2n) is 4.58. The van der Waals surface area contributed by atoms with E-state index in [9.17, 15) is 0 Å². The van der Waals surface area contributed by atoms with Crippen LogP contribution in [0.15, 0.2) is 29.0 Å². The summed E-state index contributed by atoms with van der Waals surface area (Å²) in [6.07, 6.45) is 1.72. The third-order valence-electron chi connectivity index (χ3n) is 3.24. The van der Waals surface area contributed by atoms with Gasteiger partial charge in [-0.05, 0) is 12.1 Å². The number of morpholine rings is 1. The summed E-state index contributed by atoms with van der Waals surface area (Å²) in [6, 6.07) is 6.05. The number of hydrogen-bond acceptors (Lipinski definition) is 5. The van der Waals surface area contributed by atoms with Crippen LogP contribution in [0.3, 0.4) is 0 Å². The second-order valence-corrected chi connectivity index (χ2v) is 4.58. The summed E-state index contributed by atoms with van der Waals surface area (Å²) in [7, 11) is 2.06. The van der Waals surface area contributed by atoms with E-state index in [0.29, 0.717) is 0 Å². The number of ether oxygens (including phenoxy) is 1. The minimum absolute atomic E-state index is 0.245. The van der Waals surface area contributed by atoms with Crippen LogP contribution in [0, 0.1) is 0 Å². The summed E-state index contributed by atoms with van der Waals surface area (Å²) < 4.78 is 11.0. The summed E-state index contributed by atoms with van der Waals surface area (Å²) in [6.45, 7) is 3.52. The fourth-order valence-corrected chi connectivity index (χ4v) is 2.23. The van der Waals surface area contributed by atoms with Gasteiger partial charge in [0.25, 0.3) is 0 Å². The van der Waals surface area contributed by atoms with Gasteiger partial charge in [0.1, 0.15) is 5.52 Å². The third kappa shape index (κ3) is 2.32. The number of oxazole rings is 1. The van der Waals surface area contributed by atoms with Crippen molar-refractivity contribution in [2.45, 2.75) is 6.10 Å². The van der Waals surface area contributed by atoms with Gasteiger partial charge in [-0.3, -0.25) is 0 Å². The van der Waals surface area contributed by atoms with Crippen molar-refractivity contribution in [3.63, 3.8) is 0 Å². The van der Waals surface area contributed by atoms with E-state index in [2.05, 4.69) is 28.3 Å². The van der Waals surface area contributed by atoms with E-state index in [1.54, 1.807) is 0 Å². The minimum atomic E-state index is 0.245. The maximum absolute atomic E-state index is 5.70. The highest BCUT2D eigenvalue weighted by Crippen LogP contribution is 2.20. The predicted octanol–water partition coefficient (Wildman–Crippen LogP) is 1.25. The van der Waals surface area contributed by atoms with E-state index in [1.165, 1.54) is 6.39 Å². The lowest BCUT2D eigenvalue weighted by Crippen LogP contribution is -2.44. The normalized spacial score (nSPS) is 20.2. The van der Waals surface area contributed by atoms with Crippen molar-refractivity contribution in [2.24, 2.45) is 0 Å². The van der Waals surface area contributed by atoms with E-state index in [4.69, 9.17) is 9.15 Å². The summed E-state index contributed by atoms with van der Waals surface area (Å²) in [5, 5.41) is 3.34.